The molecule has 0 bridgehead atoms. The van der Waals surface area contributed by atoms with Crippen LogP contribution in [0.3, 0.4) is 0 Å². The first-order chi connectivity index (χ1) is 13.3. The van der Waals surface area contributed by atoms with Crippen LogP contribution in [0.5, 0.6) is 0 Å². The monoisotopic (exact) mass is 401 g/mol. The predicted octanol–water partition coefficient (Wildman–Crippen LogP) is 1.26. The molecule has 0 saturated carbocycles. The maximum absolute atomic E-state index is 12.2. The first kappa shape index (κ1) is 19.6. The maximum atomic E-state index is 12.2. The highest BCUT2D eigenvalue weighted by Crippen LogP contribution is 2.18. The van der Waals surface area contributed by atoms with E-state index in [1.807, 2.05) is 12.1 Å². The smallest absolute Gasteiger partial charge is 0.307 e. The van der Waals surface area contributed by atoms with Gasteiger partial charge in [0.15, 0.2) is 5.03 Å². The van der Waals surface area contributed by atoms with Crippen molar-refractivity contribution in [3.63, 3.8) is 0 Å². The third-order valence-corrected chi connectivity index (χ3v) is 5.58. The lowest BCUT2D eigenvalue weighted by atomic mass is 10.2. The molecule has 0 fully saturated rings. The lowest BCUT2D eigenvalue weighted by Crippen LogP contribution is -2.27. The third kappa shape index (κ3) is 4.05. The van der Waals surface area contributed by atoms with Crippen molar-refractivity contribution in [2.24, 2.45) is 7.05 Å². The summed E-state index contributed by atoms with van der Waals surface area (Å²) >= 11 is 0. The maximum Gasteiger partial charge on any atom is 0.307 e. The molecule has 9 nitrogen and oxygen atoms in total. The summed E-state index contributed by atoms with van der Waals surface area (Å²) < 4.78 is 35.2. The molecule has 0 aromatic carbocycles. The highest BCUT2D eigenvalue weighted by Gasteiger charge is 2.19. The number of sulfonamides is 1. The third-order valence-electron chi connectivity index (χ3n) is 4.25. The molecule has 146 valence electrons. The summed E-state index contributed by atoms with van der Waals surface area (Å²) in [4.78, 5) is 15.9. The van der Waals surface area contributed by atoms with E-state index in [0.29, 0.717) is 17.0 Å². The molecule has 3 heterocycles. The van der Waals surface area contributed by atoms with Crippen LogP contribution < -0.4 is 4.72 Å². The van der Waals surface area contributed by atoms with Gasteiger partial charge in [-0.15, -0.1) is 0 Å². The second kappa shape index (κ2) is 7.84. The number of hydrogen-bond donors (Lipinski definition) is 1. The fourth-order valence-electron chi connectivity index (χ4n) is 2.66. The van der Waals surface area contributed by atoms with Crippen LogP contribution in [0.15, 0.2) is 41.8 Å². The summed E-state index contributed by atoms with van der Waals surface area (Å²) in [6, 6.07) is 7.57. The molecule has 3 aromatic heterocycles. The van der Waals surface area contributed by atoms with Gasteiger partial charge in [-0.3, -0.25) is 4.79 Å². The van der Waals surface area contributed by atoms with Crippen molar-refractivity contribution in [2.75, 3.05) is 6.54 Å². The second-order valence-corrected chi connectivity index (χ2v) is 7.89. The van der Waals surface area contributed by atoms with Gasteiger partial charge < -0.3 is 13.7 Å². The molecular weight excluding hydrogens is 382 g/mol. The second-order valence-electron chi connectivity index (χ2n) is 6.18. The Morgan fingerprint density at radius 3 is 2.82 bits per heavy atom. The SMILES string of the molecule is Cc1nc(S(=O)(=O)NCCC(=O)OCc2cn3ccccc3c2C#N)cn1C. The Labute approximate surface area is 162 Å². The Kier molecular flexibility index (Phi) is 5.48. The van der Waals surface area contributed by atoms with E-state index in [-0.39, 0.29) is 24.6 Å². The quantitative estimate of drug-likeness (QED) is 0.596. The van der Waals surface area contributed by atoms with E-state index < -0.39 is 16.0 Å². The number of ether oxygens (including phenoxy) is 1. The topological polar surface area (TPSA) is 118 Å². The normalized spacial score (nSPS) is 11.5. The minimum absolute atomic E-state index is 0.0599. The molecular formula is C18H19N5O4S. The van der Waals surface area contributed by atoms with Gasteiger partial charge in [-0.1, -0.05) is 6.07 Å². The van der Waals surface area contributed by atoms with Crippen LogP contribution in [0.4, 0.5) is 0 Å². The Morgan fingerprint density at radius 1 is 1.36 bits per heavy atom. The van der Waals surface area contributed by atoms with Gasteiger partial charge in [0.05, 0.1) is 17.5 Å². The van der Waals surface area contributed by atoms with Gasteiger partial charge in [0.2, 0.25) is 0 Å². The fourth-order valence-corrected chi connectivity index (χ4v) is 3.73. The van der Waals surface area contributed by atoms with Gasteiger partial charge in [-0.25, -0.2) is 18.1 Å². The number of nitrogens with one attached hydrogen (secondary N) is 1. The molecule has 3 rings (SSSR count). The van der Waals surface area contributed by atoms with Gasteiger partial charge in [0, 0.05) is 37.7 Å². The van der Waals surface area contributed by atoms with Crippen LogP contribution in [0.25, 0.3) is 5.52 Å². The Bertz CT molecular complexity index is 1150. The van der Waals surface area contributed by atoms with Gasteiger partial charge in [-0.2, -0.15) is 5.26 Å². The summed E-state index contributed by atoms with van der Waals surface area (Å²) in [6.07, 6.45) is 4.79. The van der Waals surface area contributed by atoms with E-state index in [9.17, 15) is 18.5 Å². The Morgan fingerprint density at radius 2 is 2.14 bits per heavy atom. The summed E-state index contributed by atoms with van der Waals surface area (Å²) in [7, 11) is -2.09. The number of nitrogens with zero attached hydrogens (tertiary/aromatic N) is 4. The van der Waals surface area contributed by atoms with Crippen LogP contribution in [-0.2, 0) is 33.2 Å². The van der Waals surface area contributed by atoms with E-state index in [2.05, 4.69) is 15.8 Å². The fraction of sp³-hybridized carbons (Fsp3) is 0.278. The number of hydrogen-bond acceptors (Lipinski definition) is 6. The zero-order valence-electron chi connectivity index (χ0n) is 15.4. The van der Waals surface area contributed by atoms with Crippen molar-refractivity contribution in [1.82, 2.24) is 18.7 Å². The van der Waals surface area contributed by atoms with Gasteiger partial charge in [0.25, 0.3) is 10.0 Å². The van der Waals surface area contributed by atoms with E-state index in [1.165, 1.54) is 6.20 Å². The number of carbonyl (C=O) groups excluding carboxylic acids is 1. The summed E-state index contributed by atoms with van der Waals surface area (Å²) in [6.45, 7) is 1.52. The lowest BCUT2D eigenvalue weighted by Gasteiger charge is -2.05. The standard InChI is InChI=1S/C18H19N5O4S/c1-13-21-17(11-22(13)2)28(25,26)20-7-6-18(24)27-12-14-10-23-8-4-3-5-16(23)15(14)9-19/h3-5,8,10-11,20H,6-7,12H2,1-2H3. The van der Waals surface area contributed by atoms with Crippen molar-refractivity contribution in [1.29, 1.82) is 5.26 Å². The minimum atomic E-state index is -3.79. The molecule has 3 aromatic rings. The Balaban J connectivity index is 1.55. The van der Waals surface area contributed by atoms with E-state index in [4.69, 9.17) is 4.74 Å². The first-order valence-electron chi connectivity index (χ1n) is 8.46. The number of pyridine rings is 1. The molecule has 0 aliphatic rings. The van der Waals surface area contributed by atoms with Gasteiger partial charge in [0.1, 0.15) is 18.5 Å². The predicted molar refractivity (Wildman–Crippen MR) is 99.7 cm³/mol. The van der Waals surface area contributed by atoms with Crippen LogP contribution in [0.1, 0.15) is 23.4 Å². The summed E-state index contributed by atoms with van der Waals surface area (Å²) in [5.74, 6) is -0.00733. The highest BCUT2D eigenvalue weighted by atomic mass is 32.2. The number of esters is 1. The van der Waals surface area contributed by atoms with Crippen molar-refractivity contribution in [3.05, 3.63) is 53.7 Å². The van der Waals surface area contributed by atoms with Crippen LogP contribution in [0, 0.1) is 18.3 Å². The summed E-state index contributed by atoms with van der Waals surface area (Å²) in [5, 5.41) is 9.25. The number of nitriles is 1. The Hall–Kier alpha value is -3.16. The summed E-state index contributed by atoms with van der Waals surface area (Å²) in [5.41, 5.74) is 1.76. The number of fused-ring (bicyclic) bond motifs is 1. The van der Waals surface area contributed by atoms with E-state index >= 15 is 0 Å². The number of imidazole rings is 1. The molecule has 0 aliphatic carbocycles. The zero-order chi connectivity index (χ0) is 20.3. The lowest BCUT2D eigenvalue weighted by molar-refractivity contribution is -0.144. The first-order valence-corrected chi connectivity index (χ1v) is 9.94. The average Bonchev–Trinajstić information content (AvgIpc) is 3.19. The molecule has 0 unspecified atom stereocenters. The van der Waals surface area contributed by atoms with Crippen molar-refractivity contribution in [2.45, 2.75) is 25.0 Å². The van der Waals surface area contributed by atoms with E-state index in [0.717, 1.165) is 5.52 Å². The number of aromatic nitrogens is 3. The van der Waals surface area contributed by atoms with Crippen LogP contribution >= 0.6 is 0 Å². The van der Waals surface area contributed by atoms with Crippen molar-refractivity contribution >= 4 is 21.5 Å². The highest BCUT2D eigenvalue weighted by molar-refractivity contribution is 7.89. The average molecular weight is 401 g/mol. The molecule has 28 heavy (non-hydrogen) atoms. The molecule has 0 atom stereocenters. The number of rotatable bonds is 7. The van der Waals surface area contributed by atoms with Gasteiger partial charge in [-0.05, 0) is 19.1 Å². The molecule has 1 N–H and O–H groups in total. The molecule has 0 radical (unpaired) electrons. The van der Waals surface area contributed by atoms with Gasteiger partial charge >= 0.3 is 5.97 Å². The number of aryl methyl sites for hydroxylation is 2. The van der Waals surface area contributed by atoms with Crippen molar-refractivity contribution in [3.8, 4) is 6.07 Å². The van der Waals surface area contributed by atoms with Crippen molar-refractivity contribution < 1.29 is 17.9 Å². The van der Waals surface area contributed by atoms with Crippen LogP contribution in [-0.4, -0.2) is 34.9 Å². The van der Waals surface area contributed by atoms with E-state index in [1.54, 1.807) is 41.4 Å². The molecule has 0 saturated heterocycles. The van der Waals surface area contributed by atoms with Crippen LogP contribution in [0.2, 0.25) is 0 Å². The largest absolute Gasteiger partial charge is 0.461 e. The molecule has 0 amide bonds. The zero-order valence-corrected chi connectivity index (χ0v) is 16.2. The molecule has 0 aliphatic heterocycles. The molecule has 10 heteroatoms. The minimum Gasteiger partial charge on any atom is -0.461 e. The number of carbonyl (C=O) groups is 1. The molecule has 0 spiro atoms.